The highest BCUT2D eigenvalue weighted by atomic mass is 79.9. The lowest BCUT2D eigenvalue weighted by molar-refractivity contribution is 0.194. The molecule has 0 atom stereocenters. The molecule has 15 heavy (non-hydrogen) atoms. The molecule has 2 nitrogen and oxygen atoms in total. The molecule has 0 aromatic heterocycles. The van der Waals surface area contributed by atoms with Crippen molar-refractivity contribution in [3.63, 3.8) is 0 Å². The Kier molecular flexibility index (Phi) is 6.29. The van der Waals surface area contributed by atoms with Gasteiger partial charge < -0.3 is 10.1 Å². The second kappa shape index (κ2) is 7.25. The van der Waals surface area contributed by atoms with Gasteiger partial charge in [-0.25, -0.2) is 0 Å². The highest BCUT2D eigenvalue weighted by molar-refractivity contribution is 9.11. The van der Waals surface area contributed by atoms with Gasteiger partial charge in [0.2, 0.25) is 0 Å². The fraction of sp³-hybridized carbons (Fsp3) is 0.455. The van der Waals surface area contributed by atoms with Crippen molar-refractivity contribution in [3.8, 4) is 0 Å². The predicted molar refractivity (Wildman–Crippen MR) is 71.4 cm³/mol. The summed E-state index contributed by atoms with van der Waals surface area (Å²) in [6.45, 7) is 1.81. The van der Waals surface area contributed by atoms with E-state index in [2.05, 4.69) is 43.2 Å². The van der Waals surface area contributed by atoms with Crippen LogP contribution >= 0.6 is 31.9 Å². The van der Waals surface area contributed by atoms with Gasteiger partial charge in [0, 0.05) is 34.9 Å². The highest BCUT2D eigenvalue weighted by Crippen LogP contribution is 2.25. The number of unbranched alkanes of at least 4 members (excludes halogenated alkanes) is 1. The third kappa shape index (κ3) is 5.00. The smallest absolute Gasteiger partial charge is 0.0495 e. The minimum absolute atomic E-state index is 0.835. The first-order valence-electron chi connectivity index (χ1n) is 4.92. The summed E-state index contributed by atoms with van der Waals surface area (Å²) in [5.74, 6) is 0. The van der Waals surface area contributed by atoms with Crippen molar-refractivity contribution in [1.29, 1.82) is 0 Å². The molecule has 1 N–H and O–H groups in total. The van der Waals surface area contributed by atoms with Gasteiger partial charge in [0.05, 0.1) is 0 Å². The Hall–Kier alpha value is -0.0600. The number of methoxy groups -OCH3 is 1. The van der Waals surface area contributed by atoms with Crippen molar-refractivity contribution >= 4 is 37.5 Å². The van der Waals surface area contributed by atoms with Gasteiger partial charge in [-0.1, -0.05) is 15.9 Å². The summed E-state index contributed by atoms with van der Waals surface area (Å²) in [5, 5.41) is 3.38. The van der Waals surface area contributed by atoms with Crippen LogP contribution in [-0.4, -0.2) is 20.3 Å². The molecule has 0 fully saturated rings. The molecule has 0 aliphatic carbocycles. The first-order valence-corrected chi connectivity index (χ1v) is 6.50. The fourth-order valence-electron chi connectivity index (χ4n) is 1.23. The minimum atomic E-state index is 0.835. The average Bonchev–Trinajstić information content (AvgIpc) is 2.23. The molecular formula is C11H15Br2NO. The van der Waals surface area contributed by atoms with Crippen molar-refractivity contribution in [3.05, 3.63) is 27.1 Å². The quantitative estimate of drug-likeness (QED) is 0.791. The van der Waals surface area contributed by atoms with E-state index in [0.29, 0.717) is 0 Å². The third-order valence-corrected chi connectivity index (χ3v) is 3.20. The molecule has 0 aliphatic heterocycles. The summed E-state index contributed by atoms with van der Waals surface area (Å²) in [7, 11) is 1.73. The standard InChI is InChI=1S/C11H15Br2NO/c1-15-7-3-2-6-14-11-8-9(12)4-5-10(11)13/h4-5,8,14H,2-3,6-7H2,1H3. The largest absolute Gasteiger partial charge is 0.385 e. The van der Waals surface area contributed by atoms with Gasteiger partial charge in [0.1, 0.15) is 0 Å². The van der Waals surface area contributed by atoms with Crippen LogP contribution in [-0.2, 0) is 4.74 Å². The van der Waals surface area contributed by atoms with Crippen LogP contribution in [0.3, 0.4) is 0 Å². The molecule has 0 amide bonds. The van der Waals surface area contributed by atoms with Gasteiger partial charge in [-0.05, 0) is 47.0 Å². The van der Waals surface area contributed by atoms with Gasteiger partial charge in [-0.2, -0.15) is 0 Å². The van der Waals surface area contributed by atoms with Crippen LogP contribution in [0, 0.1) is 0 Å². The maximum absolute atomic E-state index is 4.99. The first-order chi connectivity index (χ1) is 7.24. The minimum Gasteiger partial charge on any atom is -0.385 e. The second-order valence-corrected chi connectivity index (χ2v) is 5.02. The second-order valence-electron chi connectivity index (χ2n) is 3.25. The summed E-state index contributed by atoms with van der Waals surface area (Å²) in [6, 6.07) is 6.11. The lowest BCUT2D eigenvalue weighted by Gasteiger charge is -2.08. The average molecular weight is 337 g/mol. The molecule has 1 aromatic carbocycles. The molecule has 84 valence electrons. The number of ether oxygens (including phenoxy) is 1. The number of anilines is 1. The van der Waals surface area contributed by atoms with Crippen molar-refractivity contribution in [1.82, 2.24) is 0 Å². The number of hydrogen-bond acceptors (Lipinski definition) is 2. The van der Waals surface area contributed by atoms with Gasteiger partial charge in [0.15, 0.2) is 0 Å². The van der Waals surface area contributed by atoms with E-state index in [1.54, 1.807) is 7.11 Å². The molecule has 0 aliphatic rings. The number of halogens is 2. The number of nitrogens with one attached hydrogen (secondary N) is 1. The van der Waals surface area contributed by atoms with E-state index in [4.69, 9.17) is 4.74 Å². The molecule has 0 saturated carbocycles. The molecule has 0 radical (unpaired) electrons. The van der Waals surface area contributed by atoms with Crippen LogP contribution < -0.4 is 5.32 Å². The molecule has 1 rings (SSSR count). The van der Waals surface area contributed by atoms with E-state index < -0.39 is 0 Å². The maximum Gasteiger partial charge on any atom is 0.0495 e. The maximum atomic E-state index is 4.99. The van der Waals surface area contributed by atoms with Crippen LogP contribution in [0.5, 0.6) is 0 Å². The Morgan fingerprint density at radius 3 is 2.80 bits per heavy atom. The van der Waals surface area contributed by atoms with E-state index in [1.807, 2.05) is 12.1 Å². The van der Waals surface area contributed by atoms with E-state index in [-0.39, 0.29) is 0 Å². The number of benzene rings is 1. The Balaban J connectivity index is 2.33. The summed E-state index contributed by atoms with van der Waals surface area (Å²) >= 11 is 6.95. The van der Waals surface area contributed by atoms with E-state index in [1.165, 1.54) is 0 Å². The molecule has 0 unspecified atom stereocenters. The van der Waals surface area contributed by atoms with Crippen LogP contribution in [0.25, 0.3) is 0 Å². The lowest BCUT2D eigenvalue weighted by Crippen LogP contribution is -2.03. The molecule has 0 spiro atoms. The van der Waals surface area contributed by atoms with Crippen LogP contribution in [0.15, 0.2) is 27.1 Å². The molecule has 4 heteroatoms. The molecule has 0 bridgehead atoms. The van der Waals surface area contributed by atoms with Crippen molar-refractivity contribution < 1.29 is 4.74 Å². The Morgan fingerprint density at radius 1 is 1.27 bits per heavy atom. The Morgan fingerprint density at radius 2 is 2.07 bits per heavy atom. The molecule has 1 aromatic rings. The number of hydrogen-bond donors (Lipinski definition) is 1. The van der Waals surface area contributed by atoms with E-state index in [9.17, 15) is 0 Å². The molecule has 0 saturated heterocycles. The normalized spacial score (nSPS) is 10.3. The molecule has 0 heterocycles. The zero-order valence-corrected chi connectivity index (χ0v) is 11.9. The Bertz CT molecular complexity index is 305. The zero-order chi connectivity index (χ0) is 11.1. The van der Waals surface area contributed by atoms with Gasteiger partial charge >= 0.3 is 0 Å². The fourth-order valence-corrected chi connectivity index (χ4v) is 1.98. The van der Waals surface area contributed by atoms with Gasteiger partial charge in [0.25, 0.3) is 0 Å². The van der Waals surface area contributed by atoms with Crippen molar-refractivity contribution in [2.45, 2.75) is 12.8 Å². The van der Waals surface area contributed by atoms with Crippen LogP contribution in [0.1, 0.15) is 12.8 Å². The topological polar surface area (TPSA) is 21.3 Å². The lowest BCUT2D eigenvalue weighted by atomic mass is 10.3. The zero-order valence-electron chi connectivity index (χ0n) is 8.72. The highest BCUT2D eigenvalue weighted by Gasteiger charge is 1.99. The monoisotopic (exact) mass is 335 g/mol. The molecular weight excluding hydrogens is 322 g/mol. The SMILES string of the molecule is COCCCCNc1cc(Br)ccc1Br. The summed E-state index contributed by atoms with van der Waals surface area (Å²) in [4.78, 5) is 0. The van der Waals surface area contributed by atoms with Crippen molar-refractivity contribution in [2.24, 2.45) is 0 Å². The summed E-state index contributed by atoms with van der Waals surface area (Å²) in [6.07, 6.45) is 2.21. The van der Waals surface area contributed by atoms with E-state index in [0.717, 1.165) is 40.6 Å². The Labute approximate surface area is 108 Å². The predicted octanol–water partition coefficient (Wildman–Crippen LogP) is 4.05. The summed E-state index contributed by atoms with van der Waals surface area (Å²) in [5.41, 5.74) is 1.13. The van der Waals surface area contributed by atoms with Gasteiger partial charge in [-0.3, -0.25) is 0 Å². The number of rotatable bonds is 6. The van der Waals surface area contributed by atoms with E-state index >= 15 is 0 Å². The third-order valence-electron chi connectivity index (χ3n) is 2.02. The van der Waals surface area contributed by atoms with Crippen molar-refractivity contribution in [2.75, 3.05) is 25.6 Å². The summed E-state index contributed by atoms with van der Waals surface area (Å²) < 4.78 is 7.18. The van der Waals surface area contributed by atoms with Crippen LogP contribution in [0.4, 0.5) is 5.69 Å². The van der Waals surface area contributed by atoms with Gasteiger partial charge in [-0.15, -0.1) is 0 Å². The van der Waals surface area contributed by atoms with Crippen LogP contribution in [0.2, 0.25) is 0 Å². The first kappa shape index (κ1) is 13.0.